The molecule has 6 heteroatoms. The second kappa shape index (κ2) is 9.60. The molecule has 0 aliphatic heterocycles. The van der Waals surface area contributed by atoms with Crippen LogP contribution >= 0.6 is 0 Å². The Morgan fingerprint density at radius 3 is 2.19 bits per heavy atom. The van der Waals surface area contributed by atoms with E-state index in [9.17, 15) is 14.7 Å². The molecule has 0 aliphatic carbocycles. The van der Waals surface area contributed by atoms with E-state index in [1.165, 1.54) is 0 Å². The van der Waals surface area contributed by atoms with Gasteiger partial charge in [0.05, 0.1) is 6.10 Å². The van der Waals surface area contributed by atoms with E-state index in [4.69, 9.17) is 9.84 Å². The number of hydrogen-bond acceptors (Lipinski definition) is 4. The number of carboxylic acids is 1. The summed E-state index contributed by atoms with van der Waals surface area (Å²) in [5.41, 5.74) is -0.649. The fourth-order valence-electron chi connectivity index (χ4n) is 1.82. The van der Waals surface area contributed by atoms with Crippen molar-refractivity contribution in [2.75, 3.05) is 0 Å². The van der Waals surface area contributed by atoms with Gasteiger partial charge in [-0.25, -0.2) is 9.59 Å². The molecule has 0 bridgehead atoms. The lowest BCUT2D eigenvalue weighted by molar-refractivity contribution is -0.139. The maximum atomic E-state index is 11.6. The van der Waals surface area contributed by atoms with Crippen LogP contribution in [-0.2, 0) is 9.53 Å². The molecule has 124 valence electrons. The molecule has 0 radical (unpaired) electrons. The van der Waals surface area contributed by atoms with Gasteiger partial charge >= 0.3 is 12.1 Å². The van der Waals surface area contributed by atoms with E-state index in [1.54, 1.807) is 20.8 Å². The van der Waals surface area contributed by atoms with Gasteiger partial charge in [-0.05, 0) is 40.0 Å². The minimum atomic E-state index is -1.06. The van der Waals surface area contributed by atoms with Gasteiger partial charge < -0.3 is 20.3 Å². The predicted molar refractivity (Wildman–Crippen MR) is 80.2 cm³/mol. The lowest BCUT2D eigenvalue weighted by atomic mass is 10.0. The van der Waals surface area contributed by atoms with E-state index in [2.05, 4.69) is 5.32 Å². The van der Waals surface area contributed by atoms with Crippen LogP contribution in [0.15, 0.2) is 0 Å². The lowest BCUT2D eigenvalue weighted by Gasteiger charge is -2.22. The number of nitrogens with one attached hydrogen (secondary N) is 1. The second-order valence-electron chi connectivity index (χ2n) is 6.24. The number of carboxylic acid groups (broad SMARTS) is 1. The average Bonchev–Trinajstić information content (AvgIpc) is 2.34. The van der Waals surface area contributed by atoms with Crippen molar-refractivity contribution in [1.82, 2.24) is 5.32 Å². The van der Waals surface area contributed by atoms with Crippen molar-refractivity contribution in [3.05, 3.63) is 0 Å². The number of rotatable bonds is 9. The van der Waals surface area contributed by atoms with E-state index >= 15 is 0 Å². The quantitative estimate of drug-likeness (QED) is 0.569. The number of alkyl carbamates (subject to hydrolysis) is 1. The zero-order chi connectivity index (χ0) is 16.5. The summed E-state index contributed by atoms with van der Waals surface area (Å²) in [4.78, 5) is 22.7. The van der Waals surface area contributed by atoms with E-state index < -0.39 is 23.7 Å². The molecule has 0 heterocycles. The third kappa shape index (κ3) is 11.1. The molecule has 0 saturated heterocycles. The van der Waals surface area contributed by atoms with Crippen molar-refractivity contribution in [3.63, 3.8) is 0 Å². The van der Waals surface area contributed by atoms with E-state index in [-0.39, 0.29) is 6.10 Å². The molecule has 3 N–H and O–H groups in total. The topological polar surface area (TPSA) is 95.9 Å². The van der Waals surface area contributed by atoms with Gasteiger partial charge in [-0.3, -0.25) is 0 Å². The van der Waals surface area contributed by atoms with Gasteiger partial charge in [0.1, 0.15) is 11.6 Å². The Hall–Kier alpha value is -1.30. The fourth-order valence-corrected chi connectivity index (χ4v) is 1.82. The van der Waals surface area contributed by atoms with E-state index in [0.717, 1.165) is 25.7 Å². The van der Waals surface area contributed by atoms with Crippen LogP contribution in [0, 0.1) is 0 Å². The SMILES string of the molecule is CCC(O)CCCCC[C@H](NC(=O)OC(C)(C)C)C(=O)O. The highest BCUT2D eigenvalue weighted by molar-refractivity contribution is 5.79. The molecule has 0 saturated carbocycles. The zero-order valence-corrected chi connectivity index (χ0v) is 13.5. The molecule has 1 amide bonds. The first-order valence-corrected chi connectivity index (χ1v) is 7.56. The first-order valence-electron chi connectivity index (χ1n) is 7.56. The van der Waals surface area contributed by atoms with Crippen LogP contribution in [-0.4, -0.2) is 40.0 Å². The van der Waals surface area contributed by atoms with Gasteiger partial charge in [-0.15, -0.1) is 0 Å². The molecule has 0 aliphatic rings. The van der Waals surface area contributed by atoms with Crippen molar-refractivity contribution >= 4 is 12.1 Å². The monoisotopic (exact) mass is 303 g/mol. The number of aliphatic carboxylic acids is 1. The minimum Gasteiger partial charge on any atom is -0.480 e. The number of aliphatic hydroxyl groups excluding tert-OH is 1. The smallest absolute Gasteiger partial charge is 0.408 e. The number of amides is 1. The van der Waals surface area contributed by atoms with Gasteiger partial charge in [0.15, 0.2) is 0 Å². The highest BCUT2D eigenvalue weighted by atomic mass is 16.6. The Morgan fingerprint density at radius 1 is 1.14 bits per heavy atom. The summed E-state index contributed by atoms with van der Waals surface area (Å²) >= 11 is 0. The van der Waals surface area contributed by atoms with Crippen LogP contribution in [0.4, 0.5) is 4.79 Å². The third-order valence-electron chi connectivity index (χ3n) is 2.99. The van der Waals surface area contributed by atoms with E-state index in [0.29, 0.717) is 12.8 Å². The fraction of sp³-hybridized carbons (Fsp3) is 0.867. The third-order valence-corrected chi connectivity index (χ3v) is 2.99. The van der Waals surface area contributed by atoms with Crippen LogP contribution in [0.5, 0.6) is 0 Å². The molecule has 0 rings (SSSR count). The van der Waals surface area contributed by atoms with Gasteiger partial charge in [0, 0.05) is 0 Å². The van der Waals surface area contributed by atoms with Crippen molar-refractivity contribution in [2.24, 2.45) is 0 Å². The van der Waals surface area contributed by atoms with Gasteiger partial charge in [-0.2, -0.15) is 0 Å². The molecule has 1 unspecified atom stereocenters. The lowest BCUT2D eigenvalue weighted by Crippen LogP contribution is -2.43. The minimum absolute atomic E-state index is 0.278. The van der Waals surface area contributed by atoms with E-state index in [1.807, 2.05) is 6.92 Å². The average molecular weight is 303 g/mol. The van der Waals surface area contributed by atoms with Crippen molar-refractivity contribution < 1.29 is 24.5 Å². The molecular weight excluding hydrogens is 274 g/mol. The molecule has 0 aromatic carbocycles. The Balaban J connectivity index is 4.04. The zero-order valence-electron chi connectivity index (χ0n) is 13.5. The Bertz CT molecular complexity index is 325. The normalized spacial score (nSPS) is 14.3. The Labute approximate surface area is 126 Å². The standard InChI is InChI=1S/C15H29NO5/c1-5-11(17)9-7-6-8-10-12(13(18)19)16-14(20)21-15(2,3)4/h11-12,17H,5-10H2,1-4H3,(H,16,20)(H,18,19)/t11?,12-/m0/s1. The van der Waals surface area contributed by atoms with Crippen LogP contribution < -0.4 is 5.32 Å². The summed E-state index contributed by atoms with van der Waals surface area (Å²) in [6, 6.07) is -0.934. The Kier molecular flexibility index (Phi) is 9.01. The summed E-state index contributed by atoms with van der Waals surface area (Å²) in [5, 5.41) is 20.9. The second-order valence-corrected chi connectivity index (χ2v) is 6.24. The molecule has 0 spiro atoms. The maximum Gasteiger partial charge on any atom is 0.408 e. The van der Waals surface area contributed by atoms with Crippen molar-refractivity contribution in [3.8, 4) is 0 Å². The summed E-state index contributed by atoms with van der Waals surface area (Å²) in [7, 11) is 0. The number of carbonyl (C=O) groups is 2. The first-order chi connectivity index (χ1) is 9.65. The maximum absolute atomic E-state index is 11.6. The highest BCUT2D eigenvalue weighted by Gasteiger charge is 2.23. The molecule has 2 atom stereocenters. The predicted octanol–water partition coefficient (Wildman–Crippen LogP) is 2.69. The molecule has 6 nitrogen and oxygen atoms in total. The molecule has 21 heavy (non-hydrogen) atoms. The highest BCUT2D eigenvalue weighted by Crippen LogP contribution is 2.11. The van der Waals surface area contributed by atoms with Gasteiger partial charge in [0.25, 0.3) is 0 Å². The number of ether oxygens (including phenoxy) is 1. The number of aliphatic hydroxyl groups is 1. The summed E-state index contributed by atoms with van der Waals surface area (Å²) in [6.45, 7) is 7.10. The molecule has 0 aromatic heterocycles. The van der Waals surface area contributed by atoms with Gasteiger partial charge in [-0.1, -0.05) is 26.2 Å². The van der Waals surface area contributed by atoms with Crippen molar-refractivity contribution in [2.45, 2.75) is 84.0 Å². The molecular formula is C15H29NO5. The first kappa shape index (κ1) is 19.7. The molecule has 0 aromatic rings. The van der Waals surface area contributed by atoms with Crippen molar-refractivity contribution in [1.29, 1.82) is 0 Å². The van der Waals surface area contributed by atoms with Crippen LogP contribution in [0.1, 0.15) is 66.2 Å². The Morgan fingerprint density at radius 2 is 1.71 bits per heavy atom. The van der Waals surface area contributed by atoms with Crippen LogP contribution in [0.2, 0.25) is 0 Å². The summed E-state index contributed by atoms with van der Waals surface area (Å²) in [5.74, 6) is -1.06. The largest absolute Gasteiger partial charge is 0.480 e. The number of unbranched alkanes of at least 4 members (excludes halogenated alkanes) is 2. The number of carbonyl (C=O) groups excluding carboxylic acids is 1. The molecule has 0 fully saturated rings. The van der Waals surface area contributed by atoms with Crippen LogP contribution in [0.3, 0.4) is 0 Å². The van der Waals surface area contributed by atoms with Gasteiger partial charge in [0.2, 0.25) is 0 Å². The number of hydrogen-bond donors (Lipinski definition) is 3. The summed E-state index contributed by atoms with van der Waals surface area (Å²) < 4.78 is 5.05. The summed E-state index contributed by atoms with van der Waals surface area (Å²) in [6.07, 6.45) is 3.20. The van der Waals surface area contributed by atoms with Crippen LogP contribution in [0.25, 0.3) is 0 Å².